The minimum absolute atomic E-state index is 0.200. The number of piperidine rings is 1. The van der Waals surface area contributed by atoms with Gasteiger partial charge in [0.1, 0.15) is 5.60 Å². The van der Waals surface area contributed by atoms with Crippen LogP contribution < -0.4 is 5.32 Å². The van der Waals surface area contributed by atoms with Gasteiger partial charge in [-0.1, -0.05) is 30.3 Å². The number of hydrogen-bond donors (Lipinski definition) is 1. The summed E-state index contributed by atoms with van der Waals surface area (Å²) in [6.45, 7) is 8.06. The fourth-order valence-electron chi connectivity index (χ4n) is 2.49. The van der Waals surface area contributed by atoms with Crippen molar-refractivity contribution in [2.75, 3.05) is 13.1 Å². The third-order valence-corrected chi connectivity index (χ3v) is 3.51. The number of nitrogens with one attached hydrogen (secondary N) is 1. The van der Waals surface area contributed by atoms with Crippen LogP contribution in [-0.2, 0) is 11.3 Å². The Morgan fingerprint density at radius 3 is 2.71 bits per heavy atom. The molecule has 21 heavy (non-hydrogen) atoms. The van der Waals surface area contributed by atoms with Gasteiger partial charge >= 0.3 is 6.09 Å². The van der Waals surface area contributed by atoms with E-state index in [9.17, 15) is 4.79 Å². The van der Waals surface area contributed by atoms with Crippen LogP contribution in [0.5, 0.6) is 0 Å². The fraction of sp³-hybridized carbons (Fsp3) is 0.588. The standard InChI is InChI=1S/C17H26N2O2/c1-17(2,3)21-16(20)19-11-7-10-15(13-19)18-12-14-8-5-4-6-9-14/h4-6,8-9,15,18H,7,10-13H2,1-3H3/t15-/m0/s1. The second-order valence-corrected chi connectivity index (χ2v) is 6.63. The van der Waals surface area contributed by atoms with Crippen molar-refractivity contribution in [1.29, 1.82) is 0 Å². The van der Waals surface area contributed by atoms with Gasteiger partial charge in [0.05, 0.1) is 0 Å². The van der Waals surface area contributed by atoms with E-state index in [2.05, 4.69) is 17.4 Å². The number of likely N-dealkylation sites (tertiary alicyclic amines) is 1. The normalized spacial score (nSPS) is 19.4. The summed E-state index contributed by atoms with van der Waals surface area (Å²) in [5, 5.41) is 3.54. The lowest BCUT2D eigenvalue weighted by atomic mass is 10.1. The van der Waals surface area contributed by atoms with E-state index in [4.69, 9.17) is 4.74 Å². The summed E-state index contributed by atoms with van der Waals surface area (Å²) >= 11 is 0. The van der Waals surface area contributed by atoms with E-state index in [1.807, 2.05) is 43.9 Å². The van der Waals surface area contributed by atoms with E-state index in [1.165, 1.54) is 5.56 Å². The Labute approximate surface area is 127 Å². The number of carbonyl (C=O) groups excluding carboxylic acids is 1. The van der Waals surface area contributed by atoms with Crippen LogP contribution >= 0.6 is 0 Å². The number of ether oxygens (including phenoxy) is 1. The molecule has 4 nitrogen and oxygen atoms in total. The molecule has 1 aromatic rings. The fourth-order valence-corrected chi connectivity index (χ4v) is 2.49. The van der Waals surface area contributed by atoms with E-state index < -0.39 is 5.60 Å². The molecule has 0 bridgehead atoms. The smallest absolute Gasteiger partial charge is 0.410 e. The van der Waals surface area contributed by atoms with Crippen LogP contribution in [0.1, 0.15) is 39.2 Å². The molecule has 1 amide bonds. The van der Waals surface area contributed by atoms with Crippen LogP contribution in [0.15, 0.2) is 30.3 Å². The lowest BCUT2D eigenvalue weighted by Gasteiger charge is -2.34. The van der Waals surface area contributed by atoms with Crippen molar-refractivity contribution >= 4 is 6.09 Å². The third-order valence-electron chi connectivity index (χ3n) is 3.51. The molecule has 1 saturated heterocycles. The van der Waals surface area contributed by atoms with Gasteiger partial charge in [0.25, 0.3) is 0 Å². The molecule has 0 aliphatic carbocycles. The topological polar surface area (TPSA) is 41.6 Å². The zero-order chi connectivity index (χ0) is 15.3. The summed E-state index contributed by atoms with van der Waals surface area (Å²) in [4.78, 5) is 13.9. The predicted octanol–water partition coefficient (Wildman–Crippen LogP) is 3.18. The molecule has 0 spiro atoms. The molecule has 1 heterocycles. The molecule has 4 heteroatoms. The summed E-state index contributed by atoms with van der Waals surface area (Å²) in [7, 11) is 0. The van der Waals surface area contributed by atoms with Crippen LogP contribution in [0.25, 0.3) is 0 Å². The number of nitrogens with zero attached hydrogens (tertiary/aromatic N) is 1. The maximum atomic E-state index is 12.1. The molecule has 1 N–H and O–H groups in total. The minimum Gasteiger partial charge on any atom is -0.444 e. The summed E-state index contributed by atoms with van der Waals surface area (Å²) in [5.41, 5.74) is 0.841. The highest BCUT2D eigenvalue weighted by molar-refractivity contribution is 5.68. The van der Waals surface area contributed by atoms with Crippen molar-refractivity contribution in [1.82, 2.24) is 10.2 Å². The zero-order valence-electron chi connectivity index (χ0n) is 13.3. The zero-order valence-corrected chi connectivity index (χ0v) is 13.3. The lowest BCUT2D eigenvalue weighted by molar-refractivity contribution is 0.0187. The van der Waals surface area contributed by atoms with Gasteiger partial charge in [-0.15, -0.1) is 0 Å². The Balaban J connectivity index is 1.82. The number of rotatable bonds is 3. The van der Waals surface area contributed by atoms with Crippen molar-refractivity contribution in [2.45, 2.75) is 51.8 Å². The summed E-state index contributed by atoms with van der Waals surface area (Å²) in [6, 6.07) is 10.7. The Morgan fingerprint density at radius 1 is 1.33 bits per heavy atom. The van der Waals surface area contributed by atoms with Gasteiger partial charge in [-0.05, 0) is 39.2 Å². The first kappa shape index (κ1) is 15.8. The van der Waals surface area contributed by atoms with Crippen molar-refractivity contribution in [3.8, 4) is 0 Å². The SMILES string of the molecule is CC(C)(C)OC(=O)N1CCC[C@H](NCc2ccccc2)C1. The van der Waals surface area contributed by atoms with E-state index >= 15 is 0 Å². The maximum absolute atomic E-state index is 12.1. The lowest BCUT2D eigenvalue weighted by Crippen LogP contribution is -2.49. The van der Waals surface area contributed by atoms with Gasteiger partial charge in [0.15, 0.2) is 0 Å². The second kappa shape index (κ2) is 6.94. The molecular weight excluding hydrogens is 264 g/mol. The van der Waals surface area contributed by atoms with Crippen molar-refractivity contribution in [3.63, 3.8) is 0 Å². The van der Waals surface area contributed by atoms with Crippen LogP contribution in [0.2, 0.25) is 0 Å². The quantitative estimate of drug-likeness (QED) is 0.929. The van der Waals surface area contributed by atoms with Gasteiger partial charge in [0.2, 0.25) is 0 Å². The van der Waals surface area contributed by atoms with Gasteiger partial charge < -0.3 is 15.0 Å². The first-order chi connectivity index (χ1) is 9.94. The largest absolute Gasteiger partial charge is 0.444 e. The number of amides is 1. The molecule has 1 fully saturated rings. The Bertz CT molecular complexity index is 454. The number of hydrogen-bond acceptors (Lipinski definition) is 3. The van der Waals surface area contributed by atoms with Crippen LogP contribution in [0.3, 0.4) is 0 Å². The first-order valence-corrected chi connectivity index (χ1v) is 7.69. The summed E-state index contributed by atoms with van der Waals surface area (Å²) in [5.74, 6) is 0. The molecule has 1 aliphatic heterocycles. The average molecular weight is 290 g/mol. The number of carbonyl (C=O) groups is 1. The third kappa shape index (κ3) is 5.38. The van der Waals surface area contributed by atoms with Crippen molar-refractivity contribution < 1.29 is 9.53 Å². The summed E-state index contributed by atoms with van der Waals surface area (Å²) < 4.78 is 5.45. The van der Waals surface area contributed by atoms with E-state index in [1.54, 1.807) is 0 Å². The molecular formula is C17H26N2O2. The van der Waals surface area contributed by atoms with Crippen molar-refractivity contribution in [3.05, 3.63) is 35.9 Å². The molecule has 1 aromatic carbocycles. The first-order valence-electron chi connectivity index (χ1n) is 7.69. The van der Waals surface area contributed by atoms with Crippen molar-refractivity contribution in [2.24, 2.45) is 0 Å². The molecule has 0 unspecified atom stereocenters. The molecule has 0 radical (unpaired) electrons. The molecule has 1 aliphatic rings. The maximum Gasteiger partial charge on any atom is 0.410 e. The van der Waals surface area contributed by atoms with Gasteiger partial charge in [0, 0.05) is 25.7 Å². The highest BCUT2D eigenvalue weighted by atomic mass is 16.6. The Kier molecular flexibility index (Phi) is 5.23. The molecule has 0 aromatic heterocycles. The van der Waals surface area contributed by atoms with Crippen LogP contribution in [0, 0.1) is 0 Å². The monoisotopic (exact) mass is 290 g/mol. The second-order valence-electron chi connectivity index (χ2n) is 6.63. The highest BCUT2D eigenvalue weighted by Crippen LogP contribution is 2.15. The van der Waals surface area contributed by atoms with E-state index in [0.29, 0.717) is 6.04 Å². The van der Waals surface area contributed by atoms with E-state index in [0.717, 1.165) is 32.5 Å². The van der Waals surface area contributed by atoms with Crippen LogP contribution in [0.4, 0.5) is 4.79 Å². The number of benzene rings is 1. The van der Waals surface area contributed by atoms with Crippen LogP contribution in [-0.4, -0.2) is 35.7 Å². The Hall–Kier alpha value is -1.55. The van der Waals surface area contributed by atoms with Gasteiger partial charge in [-0.3, -0.25) is 0 Å². The predicted molar refractivity (Wildman–Crippen MR) is 84.1 cm³/mol. The summed E-state index contributed by atoms with van der Waals surface area (Å²) in [6.07, 6.45) is 1.92. The minimum atomic E-state index is -0.429. The molecule has 1 atom stereocenters. The highest BCUT2D eigenvalue weighted by Gasteiger charge is 2.27. The van der Waals surface area contributed by atoms with Gasteiger partial charge in [-0.2, -0.15) is 0 Å². The molecule has 116 valence electrons. The average Bonchev–Trinajstić information content (AvgIpc) is 2.45. The van der Waals surface area contributed by atoms with E-state index in [-0.39, 0.29) is 6.09 Å². The molecule has 0 saturated carbocycles. The molecule has 2 rings (SSSR count). The van der Waals surface area contributed by atoms with Gasteiger partial charge in [-0.25, -0.2) is 4.79 Å². The Morgan fingerprint density at radius 2 is 2.05 bits per heavy atom.